The third-order valence-electron chi connectivity index (χ3n) is 3.15. The van der Waals surface area contributed by atoms with Gasteiger partial charge < -0.3 is 20.1 Å². The SMILES string of the molecule is CCNC(=NCc1ccc(OCC(F)(F)F)nc1)NCCCOCC(C)C. The fourth-order valence-corrected chi connectivity index (χ4v) is 1.96. The predicted molar refractivity (Wildman–Crippen MR) is 98.9 cm³/mol. The van der Waals surface area contributed by atoms with Gasteiger partial charge >= 0.3 is 6.18 Å². The number of nitrogens with one attached hydrogen (secondary N) is 2. The second kappa shape index (κ2) is 12.4. The summed E-state index contributed by atoms with van der Waals surface area (Å²) in [5, 5.41) is 6.35. The molecule has 1 heterocycles. The van der Waals surface area contributed by atoms with Crippen LogP contribution in [0.2, 0.25) is 0 Å². The van der Waals surface area contributed by atoms with Crippen molar-refractivity contribution < 1.29 is 22.6 Å². The van der Waals surface area contributed by atoms with Crippen LogP contribution in [-0.2, 0) is 11.3 Å². The Hall–Kier alpha value is -2.03. The summed E-state index contributed by atoms with van der Waals surface area (Å²) in [4.78, 5) is 8.30. The molecule has 0 aliphatic heterocycles. The highest BCUT2D eigenvalue weighted by Crippen LogP contribution is 2.17. The maximum absolute atomic E-state index is 12.1. The van der Waals surface area contributed by atoms with Crippen LogP contribution in [0.3, 0.4) is 0 Å². The number of alkyl halides is 3. The van der Waals surface area contributed by atoms with Gasteiger partial charge in [-0.05, 0) is 24.8 Å². The molecular formula is C18H29F3N4O2. The fourth-order valence-electron chi connectivity index (χ4n) is 1.96. The average Bonchev–Trinajstić information content (AvgIpc) is 2.60. The van der Waals surface area contributed by atoms with E-state index in [1.807, 2.05) is 6.92 Å². The maximum atomic E-state index is 12.1. The summed E-state index contributed by atoms with van der Waals surface area (Å²) in [7, 11) is 0. The second-order valence-corrected chi connectivity index (χ2v) is 6.35. The van der Waals surface area contributed by atoms with E-state index in [1.165, 1.54) is 12.3 Å². The van der Waals surface area contributed by atoms with Gasteiger partial charge in [0, 0.05) is 38.6 Å². The molecule has 6 nitrogen and oxygen atoms in total. The van der Waals surface area contributed by atoms with Gasteiger partial charge in [0.05, 0.1) is 6.54 Å². The first-order valence-electron chi connectivity index (χ1n) is 9.04. The largest absolute Gasteiger partial charge is 0.468 e. The molecule has 0 atom stereocenters. The van der Waals surface area contributed by atoms with Crippen molar-refractivity contribution in [2.75, 3.05) is 32.9 Å². The molecule has 0 saturated heterocycles. The standard InChI is InChI=1S/C18H29F3N4O2/c1-4-22-17(23-8-5-9-26-12-14(2)3)25-11-15-6-7-16(24-10-15)27-13-18(19,20)21/h6-7,10,14H,4-5,8-9,11-13H2,1-3H3,(H2,22,23,25). The van der Waals surface area contributed by atoms with Crippen LogP contribution in [0.15, 0.2) is 23.3 Å². The molecule has 1 rings (SSSR count). The highest BCUT2D eigenvalue weighted by atomic mass is 19.4. The first kappa shape index (κ1) is 23.0. The lowest BCUT2D eigenvalue weighted by molar-refractivity contribution is -0.154. The number of halogens is 3. The van der Waals surface area contributed by atoms with Crippen molar-refractivity contribution in [1.29, 1.82) is 0 Å². The Morgan fingerprint density at radius 2 is 2.04 bits per heavy atom. The van der Waals surface area contributed by atoms with E-state index in [2.05, 4.69) is 39.2 Å². The summed E-state index contributed by atoms with van der Waals surface area (Å²) in [6, 6.07) is 3.05. The highest BCUT2D eigenvalue weighted by molar-refractivity contribution is 5.79. The third kappa shape index (κ3) is 12.1. The van der Waals surface area contributed by atoms with Gasteiger partial charge in [-0.1, -0.05) is 19.9 Å². The van der Waals surface area contributed by atoms with Crippen molar-refractivity contribution >= 4 is 5.96 Å². The number of nitrogens with zero attached hydrogens (tertiary/aromatic N) is 2. The molecule has 27 heavy (non-hydrogen) atoms. The summed E-state index contributed by atoms with van der Waals surface area (Å²) in [6.07, 6.45) is -2.06. The number of ether oxygens (including phenoxy) is 2. The van der Waals surface area contributed by atoms with Gasteiger partial charge in [-0.3, -0.25) is 0 Å². The number of aromatic nitrogens is 1. The Morgan fingerprint density at radius 3 is 2.63 bits per heavy atom. The second-order valence-electron chi connectivity index (χ2n) is 6.35. The topological polar surface area (TPSA) is 67.8 Å². The van der Waals surface area contributed by atoms with E-state index >= 15 is 0 Å². The van der Waals surface area contributed by atoms with E-state index in [1.54, 1.807) is 6.07 Å². The number of rotatable bonds is 11. The molecule has 9 heteroatoms. The van der Waals surface area contributed by atoms with Crippen LogP contribution in [0.1, 0.15) is 32.8 Å². The Morgan fingerprint density at radius 1 is 1.26 bits per heavy atom. The smallest absolute Gasteiger partial charge is 0.422 e. The van der Waals surface area contributed by atoms with Gasteiger partial charge in [0.1, 0.15) is 0 Å². The van der Waals surface area contributed by atoms with Crippen LogP contribution >= 0.6 is 0 Å². The Labute approximate surface area is 158 Å². The van der Waals surface area contributed by atoms with Crippen LogP contribution in [0.4, 0.5) is 13.2 Å². The molecule has 0 aromatic carbocycles. The van der Waals surface area contributed by atoms with Gasteiger partial charge in [-0.2, -0.15) is 13.2 Å². The van der Waals surface area contributed by atoms with Gasteiger partial charge in [-0.25, -0.2) is 9.98 Å². The zero-order chi connectivity index (χ0) is 20.1. The summed E-state index contributed by atoms with van der Waals surface area (Å²) in [5.41, 5.74) is 0.770. The van der Waals surface area contributed by atoms with Crippen LogP contribution in [-0.4, -0.2) is 50.0 Å². The molecule has 0 fully saturated rings. The summed E-state index contributed by atoms with van der Waals surface area (Å²) < 4.78 is 46.5. The fraction of sp³-hybridized carbons (Fsp3) is 0.667. The molecule has 0 amide bonds. The van der Waals surface area contributed by atoms with Crippen LogP contribution in [0.5, 0.6) is 5.88 Å². The average molecular weight is 390 g/mol. The molecule has 0 radical (unpaired) electrons. The van der Waals surface area contributed by atoms with Gasteiger partial charge in [0.15, 0.2) is 12.6 Å². The van der Waals surface area contributed by atoms with Crippen LogP contribution in [0.25, 0.3) is 0 Å². The van der Waals surface area contributed by atoms with E-state index in [4.69, 9.17) is 4.74 Å². The van der Waals surface area contributed by atoms with Gasteiger partial charge in [0.25, 0.3) is 0 Å². The number of hydrogen-bond donors (Lipinski definition) is 2. The van der Waals surface area contributed by atoms with E-state index in [9.17, 15) is 13.2 Å². The van der Waals surface area contributed by atoms with E-state index in [0.29, 0.717) is 25.0 Å². The van der Waals surface area contributed by atoms with Crippen molar-refractivity contribution in [1.82, 2.24) is 15.6 Å². The molecule has 1 aromatic rings. The predicted octanol–water partition coefficient (Wildman–Crippen LogP) is 3.14. The van der Waals surface area contributed by atoms with Gasteiger partial charge in [0.2, 0.25) is 5.88 Å². The Balaban J connectivity index is 2.40. The number of guanidine groups is 1. The minimum Gasteiger partial charge on any atom is -0.468 e. The lowest BCUT2D eigenvalue weighted by Crippen LogP contribution is -2.38. The van der Waals surface area contributed by atoms with E-state index in [0.717, 1.165) is 31.7 Å². The molecule has 0 unspecified atom stereocenters. The molecule has 154 valence electrons. The number of hydrogen-bond acceptors (Lipinski definition) is 4. The van der Waals surface area contributed by atoms with Crippen LogP contribution in [0, 0.1) is 5.92 Å². The molecule has 0 spiro atoms. The maximum Gasteiger partial charge on any atom is 0.422 e. The summed E-state index contributed by atoms with van der Waals surface area (Å²) in [5.74, 6) is 1.13. The lowest BCUT2D eigenvalue weighted by Gasteiger charge is -2.12. The normalized spacial score (nSPS) is 12.3. The molecule has 0 bridgehead atoms. The third-order valence-corrected chi connectivity index (χ3v) is 3.15. The van der Waals surface area contributed by atoms with Crippen molar-refractivity contribution in [3.63, 3.8) is 0 Å². The zero-order valence-electron chi connectivity index (χ0n) is 16.1. The van der Waals surface area contributed by atoms with Gasteiger partial charge in [-0.15, -0.1) is 0 Å². The molecule has 0 aliphatic rings. The Bertz CT molecular complexity index is 549. The number of aliphatic imine (C=N–C) groups is 1. The summed E-state index contributed by atoms with van der Waals surface area (Å²) in [6.45, 7) is 8.08. The lowest BCUT2D eigenvalue weighted by atomic mass is 10.2. The van der Waals surface area contributed by atoms with Crippen molar-refractivity contribution in [3.8, 4) is 5.88 Å². The first-order chi connectivity index (χ1) is 12.8. The minimum atomic E-state index is -4.38. The Kier molecular flexibility index (Phi) is 10.5. The highest BCUT2D eigenvalue weighted by Gasteiger charge is 2.28. The first-order valence-corrected chi connectivity index (χ1v) is 9.04. The molecule has 0 aliphatic carbocycles. The van der Waals surface area contributed by atoms with Crippen molar-refractivity contribution in [3.05, 3.63) is 23.9 Å². The molecular weight excluding hydrogens is 361 g/mol. The molecule has 2 N–H and O–H groups in total. The quantitative estimate of drug-likeness (QED) is 0.345. The molecule has 0 saturated carbocycles. The minimum absolute atomic E-state index is 0.0634. The van der Waals surface area contributed by atoms with E-state index in [-0.39, 0.29) is 5.88 Å². The zero-order valence-corrected chi connectivity index (χ0v) is 16.1. The summed E-state index contributed by atoms with van der Waals surface area (Å²) >= 11 is 0. The van der Waals surface area contributed by atoms with E-state index < -0.39 is 12.8 Å². The van der Waals surface area contributed by atoms with Crippen LogP contribution < -0.4 is 15.4 Å². The van der Waals surface area contributed by atoms with Crippen molar-refractivity contribution in [2.24, 2.45) is 10.9 Å². The number of pyridine rings is 1. The monoisotopic (exact) mass is 390 g/mol. The molecule has 1 aromatic heterocycles. The van der Waals surface area contributed by atoms with Crippen molar-refractivity contribution in [2.45, 2.75) is 39.9 Å².